The zero-order valence-corrected chi connectivity index (χ0v) is 7.62. The van der Waals surface area contributed by atoms with E-state index < -0.39 is 0 Å². The minimum absolute atomic E-state index is 0.136. The number of halogens is 1. The molecule has 1 atom stereocenters. The molecule has 0 bridgehead atoms. The van der Waals surface area contributed by atoms with Gasteiger partial charge in [-0.2, -0.15) is 5.10 Å². The second kappa shape index (κ2) is 3.78. The van der Waals surface area contributed by atoms with Crippen LogP contribution in [0.4, 0.5) is 5.82 Å². The number of aromatic nitrogens is 2. The fraction of sp³-hybridized carbons (Fsp3) is 0.571. The largest absolute Gasteiger partial charge is 0.396 e. The molecule has 1 aromatic heterocycles. The molecule has 0 aliphatic heterocycles. The number of nitrogens with zero attached hydrogens (tertiary/aromatic N) is 2. The van der Waals surface area contributed by atoms with E-state index in [0.29, 0.717) is 17.4 Å². The second-order valence-electron chi connectivity index (χ2n) is 2.87. The van der Waals surface area contributed by atoms with Gasteiger partial charge in [-0.25, -0.2) is 0 Å². The van der Waals surface area contributed by atoms with E-state index in [1.807, 2.05) is 6.92 Å². The van der Waals surface area contributed by atoms with Crippen molar-refractivity contribution in [3.8, 4) is 0 Å². The van der Waals surface area contributed by atoms with Crippen molar-refractivity contribution in [3.05, 3.63) is 11.2 Å². The summed E-state index contributed by atoms with van der Waals surface area (Å²) in [5.41, 5.74) is 5.43. The normalized spacial score (nSPS) is 13.2. The highest BCUT2D eigenvalue weighted by molar-refractivity contribution is 6.32. The molecule has 1 rings (SSSR count). The summed E-state index contributed by atoms with van der Waals surface area (Å²) in [6, 6.07) is 0. The van der Waals surface area contributed by atoms with Crippen LogP contribution in [0.3, 0.4) is 0 Å². The number of aliphatic hydroxyl groups is 1. The molecule has 0 fully saturated rings. The van der Waals surface area contributed by atoms with Crippen molar-refractivity contribution in [2.45, 2.75) is 13.5 Å². The third-order valence-electron chi connectivity index (χ3n) is 1.55. The number of nitrogen functional groups attached to an aromatic ring is 1. The van der Waals surface area contributed by atoms with Crippen LogP contribution in [0.15, 0.2) is 6.20 Å². The Morgan fingerprint density at radius 2 is 2.50 bits per heavy atom. The van der Waals surface area contributed by atoms with Gasteiger partial charge in [0.15, 0.2) is 5.82 Å². The summed E-state index contributed by atoms with van der Waals surface area (Å²) < 4.78 is 1.64. The molecule has 0 aliphatic rings. The molecule has 1 aromatic rings. The van der Waals surface area contributed by atoms with Gasteiger partial charge in [-0.15, -0.1) is 0 Å². The molecule has 3 N–H and O–H groups in total. The maximum atomic E-state index is 8.77. The SMILES string of the molecule is CC(CO)Cn1cc(Cl)c(N)n1. The molecule has 0 radical (unpaired) electrons. The van der Waals surface area contributed by atoms with E-state index in [1.165, 1.54) is 0 Å². The number of nitrogens with two attached hydrogens (primary N) is 1. The predicted molar refractivity (Wildman–Crippen MR) is 47.9 cm³/mol. The van der Waals surface area contributed by atoms with Crippen molar-refractivity contribution in [2.75, 3.05) is 12.3 Å². The van der Waals surface area contributed by atoms with Gasteiger partial charge in [-0.05, 0) is 5.92 Å². The van der Waals surface area contributed by atoms with E-state index in [4.69, 9.17) is 22.4 Å². The first kappa shape index (κ1) is 9.35. The van der Waals surface area contributed by atoms with Gasteiger partial charge in [-0.1, -0.05) is 18.5 Å². The molecular weight excluding hydrogens is 178 g/mol. The van der Waals surface area contributed by atoms with Crippen molar-refractivity contribution in [1.82, 2.24) is 9.78 Å². The molecule has 4 nitrogen and oxygen atoms in total. The van der Waals surface area contributed by atoms with Gasteiger partial charge in [-0.3, -0.25) is 4.68 Å². The first-order chi connectivity index (χ1) is 5.63. The molecule has 68 valence electrons. The minimum Gasteiger partial charge on any atom is -0.396 e. The lowest BCUT2D eigenvalue weighted by atomic mass is 10.2. The number of hydrogen-bond donors (Lipinski definition) is 2. The highest BCUT2D eigenvalue weighted by atomic mass is 35.5. The fourth-order valence-electron chi connectivity index (χ4n) is 0.883. The van der Waals surface area contributed by atoms with Crippen molar-refractivity contribution < 1.29 is 5.11 Å². The van der Waals surface area contributed by atoms with Gasteiger partial charge < -0.3 is 10.8 Å². The van der Waals surface area contributed by atoms with Crippen molar-refractivity contribution >= 4 is 17.4 Å². The first-order valence-corrected chi connectivity index (χ1v) is 4.10. The lowest BCUT2D eigenvalue weighted by Crippen LogP contribution is -2.11. The number of rotatable bonds is 3. The molecule has 0 saturated heterocycles. The van der Waals surface area contributed by atoms with Gasteiger partial charge in [0.1, 0.15) is 5.02 Å². The molecule has 0 aromatic carbocycles. The topological polar surface area (TPSA) is 64.1 Å². The molecule has 1 unspecified atom stereocenters. The monoisotopic (exact) mass is 189 g/mol. The van der Waals surface area contributed by atoms with Crippen LogP contribution in [0.2, 0.25) is 5.02 Å². The Bertz CT molecular complexity index is 242. The Labute approximate surface area is 75.9 Å². The molecule has 0 aliphatic carbocycles. The molecule has 5 heteroatoms. The Kier molecular flexibility index (Phi) is 2.94. The van der Waals surface area contributed by atoms with E-state index in [2.05, 4.69) is 5.10 Å². The molecule has 12 heavy (non-hydrogen) atoms. The summed E-state index contributed by atoms with van der Waals surface area (Å²) in [4.78, 5) is 0. The van der Waals surface area contributed by atoms with Crippen LogP contribution in [0, 0.1) is 5.92 Å². The highest BCUT2D eigenvalue weighted by Gasteiger charge is 2.05. The smallest absolute Gasteiger partial charge is 0.164 e. The third kappa shape index (κ3) is 2.12. The lowest BCUT2D eigenvalue weighted by molar-refractivity contribution is 0.219. The quantitative estimate of drug-likeness (QED) is 0.738. The van der Waals surface area contributed by atoms with Gasteiger partial charge in [0.25, 0.3) is 0 Å². The van der Waals surface area contributed by atoms with Gasteiger partial charge >= 0.3 is 0 Å². The van der Waals surface area contributed by atoms with Crippen LogP contribution in [0.5, 0.6) is 0 Å². The number of hydrogen-bond acceptors (Lipinski definition) is 3. The summed E-state index contributed by atoms with van der Waals surface area (Å²) in [7, 11) is 0. The van der Waals surface area contributed by atoms with Crippen LogP contribution in [0.25, 0.3) is 0 Å². The zero-order valence-electron chi connectivity index (χ0n) is 6.87. The van der Waals surface area contributed by atoms with Crippen molar-refractivity contribution in [1.29, 1.82) is 0 Å². The summed E-state index contributed by atoms with van der Waals surface area (Å²) in [6.45, 7) is 2.69. The third-order valence-corrected chi connectivity index (χ3v) is 1.84. The predicted octanol–water partition coefficient (Wildman–Crippen LogP) is 0.747. The summed E-state index contributed by atoms with van der Waals surface area (Å²) in [5.74, 6) is 0.502. The fourth-order valence-corrected chi connectivity index (χ4v) is 1.03. The highest BCUT2D eigenvalue weighted by Crippen LogP contribution is 2.15. The van der Waals surface area contributed by atoms with E-state index in [1.54, 1.807) is 10.9 Å². The zero-order chi connectivity index (χ0) is 9.14. The Balaban J connectivity index is 2.64. The van der Waals surface area contributed by atoms with Crippen molar-refractivity contribution in [2.24, 2.45) is 5.92 Å². The molecule has 1 heterocycles. The maximum Gasteiger partial charge on any atom is 0.164 e. The summed E-state index contributed by atoms with van der Waals surface area (Å²) in [6.07, 6.45) is 1.66. The average Bonchev–Trinajstić information content (AvgIpc) is 2.31. The van der Waals surface area contributed by atoms with Crippen LogP contribution in [-0.2, 0) is 6.54 Å². The van der Waals surface area contributed by atoms with E-state index in [-0.39, 0.29) is 12.5 Å². The molecule has 0 spiro atoms. The first-order valence-electron chi connectivity index (χ1n) is 3.72. The van der Waals surface area contributed by atoms with Gasteiger partial charge in [0.05, 0.1) is 0 Å². The standard InChI is InChI=1S/C7H12ClN3O/c1-5(4-12)2-11-3-6(8)7(9)10-11/h3,5,12H,2,4H2,1H3,(H2,9,10). The Morgan fingerprint density at radius 1 is 1.83 bits per heavy atom. The minimum atomic E-state index is 0.136. The van der Waals surface area contributed by atoms with Crippen molar-refractivity contribution in [3.63, 3.8) is 0 Å². The van der Waals surface area contributed by atoms with E-state index in [9.17, 15) is 0 Å². The van der Waals surface area contributed by atoms with E-state index >= 15 is 0 Å². The average molecular weight is 190 g/mol. The van der Waals surface area contributed by atoms with Crippen LogP contribution >= 0.6 is 11.6 Å². The van der Waals surface area contributed by atoms with Crippen LogP contribution in [0.1, 0.15) is 6.92 Å². The lowest BCUT2D eigenvalue weighted by Gasteiger charge is -2.06. The summed E-state index contributed by atoms with van der Waals surface area (Å²) >= 11 is 5.69. The molecule has 0 saturated carbocycles. The summed E-state index contributed by atoms with van der Waals surface area (Å²) in [5, 5.41) is 13.2. The van der Waals surface area contributed by atoms with Crippen LogP contribution in [-0.4, -0.2) is 21.5 Å². The van der Waals surface area contributed by atoms with Gasteiger partial charge in [0, 0.05) is 19.3 Å². The second-order valence-corrected chi connectivity index (χ2v) is 3.28. The number of anilines is 1. The maximum absolute atomic E-state index is 8.77. The van der Waals surface area contributed by atoms with Crippen LogP contribution < -0.4 is 5.73 Å². The molecule has 0 amide bonds. The van der Waals surface area contributed by atoms with E-state index in [0.717, 1.165) is 0 Å². The van der Waals surface area contributed by atoms with Gasteiger partial charge in [0.2, 0.25) is 0 Å². The Morgan fingerprint density at radius 3 is 2.92 bits per heavy atom. The number of aliphatic hydroxyl groups excluding tert-OH is 1. The Hall–Kier alpha value is -0.740. The molecular formula is C7H12ClN3O.